The van der Waals surface area contributed by atoms with E-state index in [1.807, 2.05) is 6.07 Å². The third-order valence-electron chi connectivity index (χ3n) is 3.92. The number of hydrogen-bond acceptors (Lipinski definition) is 2. The Kier molecular flexibility index (Phi) is 5.59. The molecule has 0 spiro atoms. The Balaban J connectivity index is 2.44. The first kappa shape index (κ1) is 16.2. The monoisotopic (exact) mass is 311 g/mol. The number of nitrogens with zero attached hydrogens (tertiary/aromatic N) is 3. The molecule has 0 aliphatic rings. The van der Waals surface area contributed by atoms with E-state index in [4.69, 9.17) is 11.6 Å². The van der Waals surface area contributed by atoms with Crippen molar-refractivity contribution in [3.8, 4) is 0 Å². The first-order chi connectivity index (χ1) is 10.1. The van der Waals surface area contributed by atoms with Gasteiger partial charge in [0.15, 0.2) is 5.82 Å². The van der Waals surface area contributed by atoms with Gasteiger partial charge in [-0.05, 0) is 32.1 Å². The second-order valence-electron chi connectivity index (χ2n) is 5.28. The van der Waals surface area contributed by atoms with E-state index in [0.717, 1.165) is 31.0 Å². The van der Waals surface area contributed by atoms with Crippen molar-refractivity contribution in [3.63, 3.8) is 0 Å². The molecule has 0 N–H and O–H groups in total. The van der Waals surface area contributed by atoms with Crippen LogP contribution < -0.4 is 0 Å². The molecule has 1 aromatic carbocycles. The normalized spacial score (nSPS) is 13.2. The fourth-order valence-corrected chi connectivity index (χ4v) is 2.99. The molecular formula is C16H23ClFN3. The average Bonchev–Trinajstić information content (AvgIpc) is 2.84. The number of imidazole rings is 1. The minimum Gasteiger partial charge on any atom is -0.324 e. The Morgan fingerprint density at radius 2 is 2.05 bits per heavy atom. The van der Waals surface area contributed by atoms with Crippen LogP contribution in [0.15, 0.2) is 18.2 Å². The molecule has 1 aromatic heterocycles. The van der Waals surface area contributed by atoms with Crippen LogP contribution in [-0.2, 0) is 6.42 Å². The van der Waals surface area contributed by atoms with Crippen molar-refractivity contribution in [1.29, 1.82) is 0 Å². The lowest BCUT2D eigenvalue weighted by Gasteiger charge is -2.25. The van der Waals surface area contributed by atoms with Crippen LogP contribution in [0.25, 0.3) is 11.0 Å². The summed E-state index contributed by atoms with van der Waals surface area (Å²) in [5.74, 6) is 1.09. The summed E-state index contributed by atoms with van der Waals surface area (Å²) in [6, 6.07) is 5.36. The zero-order valence-corrected chi connectivity index (χ0v) is 13.7. The van der Waals surface area contributed by atoms with Gasteiger partial charge < -0.3 is 9.47 Å². The van der Waals surface area contributed by atoms with Crippen LogP contribution in [0.5, 0.6) is 0 Å². The number of aryl methyl sites for hydroxylation is 1. The van der Waals surface area contributed by atoms with E-state index >= 15 is 0 Å². The minimum absolute atomic E-state index is 0.231. The number of para-hydroxylation sites is 1. The molecule has 5 heteroatoms. The fraction of sp³-hybridized carbons (Fsp3) is 0.562. The van der Waals surface area contributed by atoms with Gasteiger partial charge in [0.05, 0.1) is 5.52 Å². The van der Waals surface area contributed by atoms with Crippen molar-refractivity contribution in [2.24, 2.45) is 0 Å². The van der Waals surface area contributed by atoms with Gasteiger partial charge in [-0.25, -0.2) is 9.37 Å². The Bertz CT molecular complexity index is 592. The maximum absolute atomic E-state index is 14.0. The van der Waals surface area contributed by atoms with E-state index in [2.05, 4.69) is 35.2 Å². The molecule has 3 nitrogen and oxygen atoms in total. The molecule has 0 saturated heterocycles. The Hall–Kier alpha value is -1.13. The minimum atomic E-state index is -0.267. The second-order valence-corrected chi connectivity index (χ2v) is 5.66. The summed E-state index contributed by atoms with van der Waals surface area (Å²) in [6.07, 6.45) is 0.651. The van der Waals surface area contributed by atoms with Crippen LogP contribution in [0, 0.1) is 5.82 Å². The summed E-state index contributed by atoms with van der Waals surface area (Å²) >= 11 is 5.88. The van der Waals surface area contributed by atoms with E-state index in [9.17, 15) is 4.39 Å². The first-order valence-electron chi connectivity index (χ1n) is 7.55. The van der Waals surface area contributed by atoms with E-state index in [1.165, 1.54) is 6.07 Å². The summed E-state index contributed by atoms with van der Waals surface area (Å²) < 4.78 is 16.1. The summed E-state index contributed by atoms with van der Waals surface area (Å²) in [5.41, 5.74) is 1.30. The molecule has 0 bridgehead atoms. The molecule has 2 aromatic rings. The number of hydrogen-bond donors (Lipinski definition) is 0. The SMILES string of the molecule is CCN(CC)CC(C)n1c(CCCl)nc2c(F)cccc21. The van der Waals surface area contributed by atoms with Gasteiger partial charge in [-0.2, -0.15) is 0 Å². The van der Waals surface area contributed by atoms with Crippen LogP contribution in [0.4, 0.5) is 4.39 Å². The third-order valence-corrected chi connectivity index (χ3v) is 4.11. The van der Waals surface area contributed by atoms with E-state index < -0.39 is 0 Å². The zero-order chi connectivity index (χ0) is 15.4. The highest BCUT2D eigenvalue weighted by atomic mass is 35.5. The third kappa shape index (κ3) is 3.38. The van der Waals surface area contributed by atoms with Gasteiger partial charge in [0, 0.05) is 24.9 Å². The van der Waals surface area contributed by atoms with Crippen LogP contribution in [-0.4, -0.2) is 40.0 Å². The lowest BCUT2D eigenvalue weighted by atomic mass is 10.2. The molecule has 0 radical (unpaired) electrons. The molecule has 1 atom stereocenters. The van der Waals surface area contributed by atoms with Crippen molar-refractivity contribution < 1.29 is 4.39 Å². The van der Waals surface area contributed by atoms with Crippen molar-refractivity contribution in [3.05, 3.63) is 29.8 Å². The van der Waals surface area contributed by atoms with Gasteiger partial charge in [-0.15, -0.1) is 11.6 Å². The Morgan fingerprint density at radius 3 is 2.67 bits per heavy atom. The molecule has 116 valence electrons. The predicted molar refractivity (Wildman–Crippen MR) is 86.6 cm³/mol. The Morgan fingerprint density at radius 1 is 1.33 bits per heavy atom. The standard InChI is InChI=1S/C16H23ClFN3/c1-4-20(5-2)11-12(3)21-14-8-6-7-13(18)16(14)19-15(21)9-10-17/h6-8,12H,4-5,9-11H2,1-3H3. The van der Waals surface area contributed by atoms with Gasteiger partial charge in [-0.3, -0.25) is 0 Å². The van der Waals surface area contributed by atoms with Crippen LogP contribution in [0.3, 0.4) is 0 Å². The van der Waals surface area contributed by atoms with E-state index in [-0.39, 0.29) is 11.9 Å². The lowest BCUT2D eigenvalue weighted by Crippen LogP contribution is -2.30. The maximum Gasteiger partial charge on any atom is 0.151 e. The molecule has 21 heavy (non-hydrogen) atoms. The Labute approximate surface area is 130 Å². The molecule has 2 rings (SSSR count). The predicted octanol–water partition coefficient (Wildman–Crippen LogP) is 3.86. The van der Waals surface area contributed by atoms with E-state index in [1.54, 1.807) is 6.07 Å². The molecular weight excluding hydrogens is 289 g/mol. The highest BCUT2D eigenvalue weighted by Gasteiger charge is 2.18. The fourth-order valence-electron chi connectivity index (χ4n) is 2.82. The number of alkyl halides is 1. The maximum atomic E-state index is 14.0. The van der Waals surface area contributed by atoms with Crippen molar-refractivity contribution in [1.82, 2.24) is 14.5 Å². The zero-order valence-electron chi connectivity index (χ0n) is 12.9. The number of halogens is 2. The van der Waals surface area contributed by atoms with Crippen LogP contribution in [0.2, 0.25) is 0 Å². The molecule has 0 aliphatic carbocycles. The molecule has 0 saturated carbocycles. The number of aromatic nitrogens is 2. The largest absolute Gasteiger partial charge is 0.324 e. The van der Waals surface area contributed by atoms with Gasteiger partial charge in [-0.1, -0.05) is 19.9 Å². The first-order valence-corrected chi connectivity index (χ1v) is 8.09. The average molecular weight is 312 g/mol. The molecule has 0 amide bonds. The number of benzene rings is 1. The van der Waals surface area contributed by atoms with Crippen molar-refractivity contribution >= 4 is 22.6 Å². The summed E-state index contributed by atoms with van der Waals surface area (Å²) in [7, 11) is 0. The molecule has 1 heterocycles. The summed E-state index contributed by atoms with van der Waals surface area (Å²) in [6.45, 7) is 9.40. The lowest BCUT2D eigenvalue weighted by molar-refractivity contribution is 0.261. The van der Waals surface area contributed by atoms with Crippen LogP contribution in [0.1, 0.15) is 32.6 Å². The summed E-state index contributed by atoms with van der Waals surface area (Å²) in [5, 5.41) is 0. The van der Waals surface area contributed by atoms with Gasteiger partial charge in [0.2, 0.25) is 0 Å². The van der Waals surface area contributed by atoms with Crippen molar-refractivity contribution in [2.75, 3.05) is 25.5 Å². The molecule has 1 unspecified atom stereocenters. The van der Waals surface area contributed by atoms with Crippen LogP contribution >= 0.6 is 11.6 Å². The highest BCUT2D eigenvalue weighted by molar-refractivity contribution is 6.17. The molecule has 0 aliphatic heterocycles. The highest BCUT2D eigenvalue weighted by Crippen LogP contribution is 2.24. The topological polar surface area (TPSA) is 21.1 Å². The second kappa shape index (κ2) is 7.23. The van der Waals surface area contributed by atoms with Gasteiger partial charge >= 0.3 is 0 Å². The van der Waals surface area contributed by atoms with Gasteiger partial charge in [0.1, 0.15) is 11.3 Å². The number of rotatable bonds is 7. The smallest absolute Gasteiger partial charge is 0.151 e. The summed E-state index contributed by atoms with van der Waals surface area (Å²) in [4.78, 5) is 6.83. The molecule has 0 fully saturated rings. The quantitative estimate of drug-likeness (QED) is 0.724. The number of likely N-dealkylation sites (N-methyl/N-ethyl adjacent to an activating group) is 1. The van der Waals surface area contributed by atoms with E-state index in [0.29, 0.717) is 17.8 Å². The van der Waals surface area contributed by atoms with Crippen molar-refractivity contribution in [2.45, 2.75) is 33.2 Å². The van der Waals surface area contributed by atoms with Gasteiger partial charge in [0.25, 0.3) is 0 Å². The number of fused-ring (bicyclic) bond motifs is 1.